The summed E-state index contributed by atoms with van der Waals surface area (Å²) in [6.45, 7) is 0. The van der Waals surface area contributed by atoms with E-state index in [0.717, 1.165) is 11.0 Å². The fraction of sp³-hybridized carbons (Fsp3) is 0.0435. The minimum absolute atomic E-state index is 0.00832. The Hall–Kier alpha value is -3.91. The fourth-order valence-electron chi connectivity index (χ4n) is 2.74. The van der Waals surface area contributed by atoms with Crippen molar-refractivity contribution in [1.29, 1.82) is 0 Å². The Morgan fingerprint density at radius 3 is 2.03 bits per heavy atom. The second-order valence-corrected chi connectivity index (χ2v) is 7.48. The SMILES string of the molecule is O=C(O)c1ccc(C(=O)Nc2ccc(SCC(=O)c3ccccc3)cc2)c(C(=O)O)c1. The second kappa shape index (κ2) is 9.73. The summed E-state index contributed by atoms with van der Waals surface area (Å²) in [5.41, 5.74) is 0.304. The molecule has 0 aliphatic carbocycles. The van der Waals surface area contributed by atoms with Gasteiger partial charge < -0.3 is 15.5 Å². The van der Waals surface area contributed by atoms with Gasteiger partial charge >= 0.3 is 11.9 Å². The number of carbonyl (C=O) groups is 4. The largest absolute Gasteiger partial charge is 0.478 e. The molecule has 31 heavy (non-hydrogen) atoms. The summed E-state index contributed by atoms with van der Waals surface area (Å²) in [5.74, 6) is -3.08. The molecular weight excluding hydrogens is 418 g/mol. The molecule has 0 aromatic heterocycles. The highest BCUT2D eigenvalue weighted by Crippen LogP contribution is 2.22. The second-order valence-electron chi connectivity index (χ2n) is 6.43. The number of nitrogens with one attached hydrogen (secondary N) is 1. The highest BCUT2D eigenvalue weighted by Gasteiger charge is 2.19. The number of amides is 1. The van der Waals surface area contributed by atoms with Gasteiger partial charge in [0.15, 0.2) is 5.78 Å². The molecule has 0 atom stereocenters. The lowest BCUT2D eigenvalue weighted by Crippen LogP contribution is -2.17. The number of hydrogen-bond donors (Lipinski definition) is 3. The van der Waals surface area contributed by atoms with E-state index in [-0.39, 0.29) is 22.7 Å². The van der Waals surface area contributed by atoms with E-state index in [1.54, 1.807) is 48.5 Å². The zero-order valence-electron chi connectivity index (χ0n) is 16.1. The van der Waals surface area contributed by atoms with E-state index in [0.29, 0.717) is 11.3 Å². The summed E-state index contributed by atoms with van der Waals surface area (Å²) in [7, 11) is 0. The molecular formula is C23H17NO6S. The van der Waals surface area contributed by atoms with Crippen LogP contribution in [-0.4, -0.2) is 39.6 Å². The first-order chi connectivity index (χ1) is 14.8. The van der Waals surface area contributed by atoms with Crippen LogP contribution in [0.5, 0.6) is 0 Å². The van der Waals surface area contributed by atoms with Crippen LogP contribution < -0.4 is 5.32 Å². The minimum Gasteiger partial charge on any atom is -0.478 e. The molecule has 0 saturated heterocycles. The number of aromatic carboxylic acids is 2. The topological polar surface area (TPSA) is 121 Å². The smallest absolute Gasteiger partial charge is 0.336 e. The summed E-state index contributed by atoms with van der Waals surface area (Å²) in [4.78, 5) is 48.0. The molecule has 0 unspecified atom stereocenters. The zero-order chi connectivity index (χ0) is 22.4. The average Bonchev–Trinajstić information content (AvgIpc) is 2.78. The normalized spacial score (nSPS) is 10.3. The Labute approximate surface area is 181 Å². The Kier molecular flexibility index (Phi) is 6.84. The first-order valence-electron chi connectivity index (χ1n) is 9.08. The van der Waals surface area contributed by atoms with Crippen LogP contribution in [0.2, 0.25) is 0 Å². The summed E-state index contributed by atoms with van der Waals surface area (Å²) in [6, 6.07) is 19.0. The van der Waals surface area contributed by atoms with Gasteiger partial charge in [0, 0.05) is 16.1 Å². The molecule has 0 heterocycles. The highest BCUT2D eigenvalue weighted by atomic mass is 32.2. The highest BCUT2D eigenvalue weighted by molar-refractivity contribution is 8.00. The van der Waals surface area contributed by atoms with Crippen molar-refractivity contribution < 1.29 is 29.4 Å². The molecule has 3 rings (SSSR count). The predicted molar refractivity (Wildman–Crippen MR) is 116 cm³/mol. The fourth-order valence-corrected chi connectivity index (χ4v) is 3.53. The summed E-state index contributed by atoms with van der Waals surface area (Å²) < 4.78 is 0. The summed E-state index contributed by atoms with van der Waals surface area (Å²) in [6.07, 6.45) is 0. The standard InChI is InChI=1S/C23H17NO6S/c25-20(14-4-2-1-3-5-14)13-31-17-9-7-16(8-10-17)24-21(26)18-11-6-15(22(27)28)12-19(18)23(29)30/h1-12H,13H2,(H,24,26)(H,27,28)(H,29,30). The Balaban J connectivity index is 1.66. The molecule has 3 aromatic carbocycles. The van der Waals surface area contributed by atoms with Gasteiger partial charge in [-0.2, -0.15) is 0 Å². The molecule has 0 spiro atoms. The number of benzene rings is 3. The first kappa shape index (κ1) is 21.8. The predicted octanol–water partition coefficient (Wildman–Crippen LogP) is 4.31. The number of carbonyl (C=O) groups excluding carboxylic acids is 2. The summed E-state index contributed by atoms with van der Waals surface area (Å²) >= 11 is 1.36. The van der Waals surface area contributed by atoms with E-state index in [2.05, 4.69) is 5.32 Å². The van der Waals surface area contributed by atoms with Gasteiger partial charge in [-0.15, -0.1) is 11.8 Å². The third-order valence-corrected chi connectivity index (χ3v) is 5.33. The van der Waals surface area contributed by atoms with E-state index in [9.17, 15) is 24.3 Å². The van der Waals surface area contributed by atoms with Crippen molar-refractivity contribution in [2.24, 2.45) is 0 Å². The zero-order valence-corrected chi connectivity index (χ0v) is 16.9. The molecule has 8 heteroatoms. The van der Waals surface area contributed by atoms with Crippen molar-refractivity contribution in [2.75, 3.05) is 11.1 Å². The number of anilines is 1. The molecule has 0 saturated carbocycles. The maximum atomic E-state index is 12.5. The molecule has 0 bridgehead atoms. The quantitative estimate of drug-likeness (QED) is 0.356. The Bertz CT molecular complexity index is 1140. The van der Waals surface area contributed by atoms with Crippen molar-refractivity contribution in [2.45, 2.75) is 4.90 Å². The third-order valence-electron chi connectivity index (χ3n) is 4.32. The van der Waals surface area contributed by atoms with Gasteiger partial charge in [0.2, 0.25) is 0 Å². The minimum atomic E-state index is -1.40. The maximum Gasteiger partial charge on any atom is 0.336 e. The number of rotatable bonds is 8. The average molecular weight is 435 g/mol. The van der Waals surface area contributed by atoms with Crippen molar-refractivity contribution in [1.82, 2.24) is 0 Å². The van der Waals surface area contributed by atoms with Gasteiger partial charge in [-0.1, -0.05) is 30.3 Å². The van der Waals surface area contributed by atoms with Crippen LogP contribution in [0, 0.1) is 0 Å². The van der Waals surface area contributed by atoms with Gasteiger partial charge in [0.25, 0.3) is 5.91 Å². The van der Waals surface area contributed by atoms with Gasteiger partial charge in [-0.05, 0) is 42.5 Å². The van der Waals surface area contributed by atoms with Crippen molar-refractivity contribution in [3.05, 3.63) is 95.1 Å². The van der Waals surface area contributed by atoms with Crippen LogP contribution in [-0.2, 0) is 0 Å². The van der Waals surface area contributed by atoms with Gasteiger partial charge in [0.05, 0.1) is 22.4 Å². The number of carboxylic acid groups (broad SMARTS) is 2. The number of hydrogen-bond acceptors (Lipinski definition) is 5. The van der Waals surface area contributed by atoms with E-state index in [1.165, 1.54) is 23.9 Å². The van der Waals surface area contributed by atoms with Crippen LogP contribution in [0.25, 0.3) is 0 Å². The van der Waals surface area contributed by atoms with Crippen molar-refractivity contribution in [3.8, 4) is 0 Å². The molecule has 0 radical (unpaired) electrons. The van der Waals surface area contributed by atoms with Crippen molar-refractivity contribution >= 4 is 41.1 Å². The molecule has 1 amide bonds. The lowest BCUT2D eigenvalue weighted by molar-refractivity contribution is 0.0692. The monoisotopic (exact) mass is 435 g/mol. The van der Waals surface area contributed by atoms with E-state index in [4.69, 9.17) is 5.11 Å². The van der Waals surface area contributed by atoms with Crippen LogP contribution in [0.1, 0.15) is 41.4 Å². The molecule has 7 nitrogen and oxygen atoms in total. The summed E-state index contributed by atoms with van der Waals surface area (Å²) in [5, 5.41) is 20.9. The van der Waals surface area contributed by atoms with E-state index in [1.807, 2.05) is 6.07 Å². The molecule has 0 aliphatic heterocycles. The van der Waals surface area contributed by atoms with E-state index >= 15 is 0 Å². The van der Waals surface area contributed by atoms with Gasteiger partial charge in [-0.25, -0.2) is 9.59 Å². The molecule has 3 N–H and O–H groups in total. The third kappa shape index (κ3) is 5.58. The molecule has 0 aliphatic rings. The number of ketones is 1. The van der Waals surface area contributed by atoms with Crippen molar-refractivity contribution in [3.63, 3.8) is 0 Å². The van der Waals surface area contributed by atoms with Crippen LogP contribution in [0.15, 0.2) is 77.7 Å². The lowest BCUT2D eigenvalue weighted by Gasteiger charge is -2.09. The van der Waals surface area contributed by atoms with Gasteiger partial charge in [-0.3, -0.25) is 9.59 Å². The maximum absolute atomic E-state index is 12.5. The van der Waals surface area contributed by atoms with Gasteiger partial charge in [0.1, 0.15) is 0 Å². The van der Waals surface area contributed by atoms with Crippen LogP contribution in [0.4, 0.5) is 5.69 Å². The first-order valence-corrected chi connectivity index (χ1v) is 10.1. The number of thioether (sulfide) groups is 1. The Morgan fingerprint density at radius 2 is 1.42 bits per heavy atom. The molecule has 3 aromatic rings. The Morgan fingerprint density at radius 1 is 0.742 bits per heavy atom. The molecule has 156 valence electrons. The van der Waals surface area contributed by atoms with Crippen LogP contribution in [0.3, 0.4) is 0 Å². The number of Topliss-reactive ketones (excluding diaryl/α,β-unsaturated/α-hetero) is 1. The molecule has 0 fully saturated rings. The van der Waals surface area contributed by atoms with E-state index < -0.39 is 23.4 Å². The number of carboxylic acids is 2. The van der Waals surface area contributed by atoms with Crippen LogP contribution >= 0.6 is 11.8 Å². The lowest BCUT2D eigenvalue weighted by atomic mass is 10.0.